The number of hydrogen-bond acceptors (Lipinski definition) is 5. The highest BCUT2D eigenvalue weighted by Crippen LogP contribution is 2.43. The van der Waals surface area contributed by atoms with Crippen molar-refractivity contribution in [2.75, 3.05) is 31.1 Å². The fourth-order valence-electron chi connectivity index (χ4n) is 6.02. The average molecular weight is 512 g/mol. The van der Waals surface area contributed by atoms with Crippen molar-refractivity contribution >= 4 is 17.6 Å². The van der Waals surface area contributed by atoms with Crippen molar-refractivity contribution in [2.45, 2.75) is 51.1 Å². The van der Waals surface area contributed by atoms with Crippen LogP contribution >= 0.6 is 0 Å². The van der Waals surface area contributed by atoms with Crippen LogP contribution < -0.4 is 10.2 Å². The molecule has 3 aliphatic heterocycles. The van der Waals surface area contributed by atoms with Crippen LogP contribution in [0.4, 0.5) is 25.1 Å². The number of carboxylic acid groups (broad SMARTS) is 1. The van der Waals surface area contributed by atoms with Crippen LogP contribution in [-0.4, -0.2) is 61.8 Å². The van der Waals surface area contributed by atoms with E-state index in [9.17, 15) is 18.7 Å². The van der Waals surface area contributed by atoms with Crippen LogP contribution in [0.2, 0.25) is 0 Å². The monoisotopic (exact) mass is 511 g/mol. The second kappa shape index (κ2) is 9.44. The summed E-state index contributed by atoms with van der Waals surface area (Å²) in [5.74, 6) is 0.703. The maximum absolute atomic E-state index is 14.3. The summed E-state index contributed by atoms with van der Waals surface area (Å²) in [4.78, 5) is 15.3. The zero-order valence-electron chi connectivity index (χ0n) is 20.8. The first-order valence-corrected chi connectivity index (χ1v) is 12.9. The smallest absolute Gasteiger partial charge is 0.407 e. The molecule has 0 saturated carbocycles. The molecule has 1 fully saturated rings. The Labute approximate surface area is 213 Å². The van der Waals surface area contributed by atoms with Gasteiger partial charge in [0.15, 0.2) is 5.82 Å². The lowest BCUT2D eigenvalue weighted by atomic mass is 9.92. The van der Waals surface area contributed by atoms with Crippen LogP contribution in [0.15, 0.2) is 24.5 Å². The topological polar surface area (TPSA) is 91.5 Å². The van der Waals surface area contributed by atoms with Gasteiger partial charge in [-0.25, -0.2) is 13.6 Å². The molecule has 0 unspecified atom stereocenters. The third-order valence-electron chi connectivity index (χ3n) is 7.87. The van der Waals surface area contributed by atoms with E-state index < -0.39 is 12.5 Å². The Morgan fingerprint density at radius 1 is 1.19 bits per heavy atom. The number of alkyl halides is 2. The maximum atomic E-state index is 14.3. The van der Waals surface area contributed by atoms with Gasteiger partial charge in [0.1, 0.15) is 0 Å². The summed E-state index contributed by atoms with van der Waals surface area (Å²) >= 11 is 0. The van der Waals surface area contributed by atoms with Gasteiger partial charge >= 0.3 is 6.09 Å². The fourth-order valence-corrected chi connectivity index (χ4v) is 6.02. The van der Waals surface area contributed by atoms with E-state index in [0.717, 1.165) is 61.3 Å². The fraction of sp³-hybridized carbons (Fsp3) is 0.500. The van der Waals surface area contributed by atoms with Crippen molar-refractivity contribution in [1.82, 2.24) is 29.8 Å². The SMILES string of the molecule is Cn1cc(-c2cc3c(cc2C(F)F)N(c2nn(C4CCNCC4)c4c2CN(C(=O)O)CC4)CCC3)cn1. The highest BCUT2D eigenvalue weighted by Gasteiger charge is 2.34. The highest BCUT2D eigenvalue weighted by atomic mass is 19.3. The Bertz CT molecular complexity index is 1330. The maximum Gasteiger partial charge on any atom is 0.407 e. The quantitative estimate of drug-likeness (QED) is 0.544. The number of fused-ring (bicyclic) bond motifs is 2. The largest absolute Gasteiger partial charge is 0.465 e. The van der Waals surface area contributed by atoms with Crippen molar-refractivity contribution in [2.24, 2.45) is 7.05 Å². The number of amides is 1. The van der Waals surface area contributed by atoms with Crippen LogP contribution in [0.1, 0.15) is 54.1 Å². The minimum Gasteiger partial charge on any atom is -0.465 e. The second-order valence-electron chi connectivity index (χ2n) is 10.2. The molecule has 1 saturated heterocycles. The Morgan fingerprint density at radius 2 is 2.00 bits per heavy atom. The van der Waals surface area contributed by atoms with Gasteiger partial charge in [0, 0.05) is 60.8 Å². The normalized spacial score (nSPS) is 18.3. The van der Waals surface area contributed by atoms with Crippen LogP contribution in [-0.2, 0) is 26.4 Å². The molecule has 3 aliphatic rings. The first-order valence-electron chi connectivity index (χ1n) is 12.9. The molecule has 0 atom stereocenters. The number of benzene rings is 1. The molecule has 37 heavy (non-hydrogen) atoms. The summed E-state index contributed by atoms with van der Waals surface area (Å²) in [7, 11) is 1.77. The molecule has 0 spiro atoms. The number of piperidine rings is 1. The van der Waals surface area contributed by atoms with Gasteiger partial charge < -0.3 is 20.2 Å². The van der Waals surface area contributed by atoms with Crippen LogP contribution in [0.25, 0.3) is 11.1 Å². The van der Waals surface area contributed by atoms with Crippen LogP contribution in [0, 0.1) is 0 Å². The third kappa shape index (κ3) is 4.24. The van der Waals surface area contributed by atoms with Gasteiger partial charge in [-0.15, -0.1) is 0 Å². The molecular formula is C26H31F2N7O2. The van der Waals surface area contributed by atoms with Crippen molar-refractivity contribution < 1.29 is 18.7 Å². The molecule has 9 nitrogen and oxygen atoms in total. The second-order valence-corrected chi connectivity index (χ2v) is 10.2. The predicted octanol–water partition coefficient (Wildman–Crippen LogP) is 4.27. The van der Waals surface area contributed by atoms with E-state index in [1.807, 2.05) is 11.0 Å². The number of rotatable bonds is 4. The molecule has 0 aliphatic carbocycles. The molecule has 2 aromatic heterocycles. The standard InChI is InChI=1S/C26H31F2N7O2/c1-32-14-17(13-30-32)19-11-16-3-2-9-34(23(16)12-20(19)24(27)28)25-21-15-33(26(36)37)10-6-22(21)35(31-25)18-4-7-29-8-5-18/h11-14,18,24,29H,2-10,15H2,1H3,(H,36,37). The third-order valence-corrected chi connectivity index (χ3v) is 7.87. The number of carbonyl (C=O) groups is 1. The number of hydrogen-bond donors (Lipinski definition) is 2. The van der Waals surface area contributed by atoms with Crippen molar-refractivity contribution in [3.63, 3.8) is 0 Å². The first-order chi connectivity index (χ1) is 17.9. The predicted molar refractivity (Wildman–Crippen MR) is 134 cm³/mol. The molecule has 1 amide bonds. The van der Waals surface area contributed by atoms with Crippen LogP contribution in [0.5, 0.6) is 0 Å². The molecule has 5 heterocycles. The molecule has 11 heteroatoms. The lowest BCUT2D eigenvalue weighted by molar-refractivity contribution is 0.139. The Kier molecular flexibility index (Phi) is 6.10. The van der Waals surface area contributed by atoms with E-state index in [2.05, 4.69) is 15.1 Å². The van der Waals surface area contributed by atoms with Crippen molar-refractivity contribution in [3.8, 4) is 11.1 Å². The van der Waals surface area contributed by atoms with Gasteiger partial charge in [-0.1, -0.05) is 0 Å². The van der Waals surface area contributed by atoms with Gasteiger partial charge in [-0.05, 0) is 62.0 Å². The Morgan fingerprint density at radius 3 is 2.70 bits per heavy atom. The van der Waals surface area contributed by atoms with E-state index in [4.69, 9.17) is 5.10 Å². The lowest BCUT2D eigenvalue weighted by Crippen LogP contribution is -2.37. The molecule has 2 N–H and O–H groups in total. The summed E-state index contributed by atoms with van der Waals surface area (Å²) in [6.45, 7) is 3.16. The van der Waals surface area contributed by atoms with E-state index in [1.165, 1.54) is 4.90 Å². The van der Waals surface area contributed by atoms with Gasteiger partial charge in [0.05, 0.1) is 18.8 Å². The molecule has 0 bridgehead atoms. The zero-order chi connectivity index (χ0) is 25.7. The van der Waals surface area contributed by atoms with Crippen molar-refractivity contribution in [1.29, 1.82) is 0 Å². The Balaban J connectivity index is 1.47. The molecule has 3 aromatic rings. The average Bonchev–Trinajstić information content (AvgIpc) is 3.51. The van der Waals surface area contributed by atoms with E-state index in [1.54, 1.807) is 30.2 Å². The summed E-state index contributed by atoms with van der Waals surface area (Å²) in [5.41, 5.74) is 4.84. The lowest BCUT2D eigenvalue weighted by Gasteiger charge is -2.33. The summed E-state index contributed by atoms with van der Waals surface area (Å²) in [6.07, 6.45) is 3.91. The molecular weight excluding hydrogens is 480 g/mol. The number of nitrogens with one attached hydrogen (secondary N) is 1. The number of nitrogens with zero attached hydrogens (tertiary/aromatic N) is 6. The van der Waals surface area contributed by atoms with Crippen LogP contribution in [0.3, 0.4) is 0 Å². The van der Waals surface area contributed by atoms with E-state index >= 15 is 0 Å². The summed E-state index contributed by atoms with van der Waals surface area (Å²) in [5, 5.41) is 22.4. The molecule has 0 radical (unpaired) electrons. The van der Waals surface area contributed by atoms with Gasteiger partial charge in [-0.3, -0.25) is 9.36 Å². The van der Waals surface area contributed by atoms with Gasteiger partial charge in [0.25, 0.3) is 6.43 Å². The van der Waals surface area contributed by atoms with Gasteiger partial charge in [-0.2, -0.15) is 10.2 Å². The molecule has 6 rings (SSSR count). The number of aryl methyl sites for hydroxylation is 2. The number of anilines is 2. The Hall–Kier alpha value is -3.47. The highest BCUT2D eigenvalue weighted by molar-refractivity contribution is 5.77. The van der Waals surface area contributed by atoms with Gasteiger partial charge in [0.2, 0.25) is 0 Å². The first kappa shape index (κ1) is 23.9. The molecule has 196 valence electrons. The summed E-state index contributed by atoms with van der Waals surface area (Å²) < 4.78 is 32.4. The number of halogens is 2. The van der Waals surface area contributed by atoms with E-state index in [0.29, 0.717) is 36.5 Å². The van der Waals surface area contributed by atoms with E-state index in [-0.39, 0.29) is 18.2 Å². The minimum atomic E-state index is -2.65. The van der Waals surface area contributed by atoms with Crippen molar-refractivity contribution in [3.05, 3.63) is 46.9 Å². The minimum absolute atomic E-state index is 0.0301. The zero-order valence-corrected chi connectivity index (χ0v) is 20.8. The number of aromatic nitrogens is 4. The summed E-state index contributed by atoms with van der Waals surface area (Å²) in [6, 6.07) is 3.73. The molecule has 1 aromatic carbocycles.